The highest BCUT2D eigenvalue weighted by Gasteiger charge is 2.37. The third-order valence-corrected chi connectivity index (χ3v) is 5.14. The summed E-state index contributed by atoms with van der Waals surface area (Å²) in [5, 5.41) is 11.2. The number of halogens is 1. The molecule has 0 spiro atoms. The van der Waals surface area contributed by atoms with Crippen LogP contribution in [0.4, 0.5) is 0 Å². The van der Waals surface area contributed by atoms with Gasteiger partial charge in [0.1, 0.15) is 5.92 Å². The maximum atomic E-state index is 12.2. The fourth-order valence-corrected chi connectivity index (χ4v) is 3.97. The lowest BCUT2D eigenvalue weighted by Crippen LogP contribution is -2.28. The molecule has 1 aromatic rings. The Morgan fingerprint density at radius 1 is 1.42 bits per heavy atom. The first kappa shape index (κ1) is 18.5. The topological polar surface area (TPSA) is 53.2 Å². The van der Waals surface area contributed by atoms with E-state index < -0.39 is 5.92 Å². The highest BCUT2D eigenvalue weighted by Crippen LogP contribution is 2.41. The third kappa shape index (κ3) is 3.98. The van der Waals surface area contributed by atoms with Crippen molar-refractivity contribution in [2.75, 3.05) is 5.75 Å². The predicted molar refractivity (Wildman–Crippen MR) is 101 cm³/mol. The molecule has 1 aliphatic rings. The Morgan fingerprint density at radius 3 is 2.62 bits per heavy atom. The Hall–Kier alpha value is -1.83. The van der Waals surface area contributed by atoms with Gasteiger partial charge in [-0.2, -0.15) is 5.26 Å². The van der Waals surface area contributed by atoms with Gasteiger partial charge in [0.25, 0.3) is 0 Å². The van der Waals surface area contributed by atoms with Crippen molar-refractivity contribution in [1.29, 1.82) is 5.26 Å². The molecule has 0 N–H and O–H groups in total. The molecule has 1 heterocycles. The number of allylic oxidation sites excluding steroid dienone is 3. The number of hydrogen-bond acceptors (Lipinski definition) is 4. The number of hydrogen-bond donors (Lipinski definition) is 0. The van der Waals surface area contributed by atoms with Crippen LogP contribution < -0.4 is 0 Å². The van der Waals surface area contributed by atoms with Crippen molar-refractivity contribution in [2.45, 2.75) is 26.7 Å². The summed E-state index contributed by atoms with van der Waals surface area (Å²) in [5.74, 6) is -0.0721. The Morgan fingerprint density at radius 2 is 2.08 bits per heavy atom. The minimum absolute atomic E-state index is 0.0473. The number of nitriles is 1. The summed E-state index contributed by atoms with van der Waals surface area (Å²) in [6.07, 6.45) is 4.00. The quantitative estimate of drug-likeness (QED) is 0.699. The summed E-state index contributed by atoms with van der Waals surface area (Å²) >= 11 is 7.53. The van der Waals surface area contributed by atoms with Gasteiger partial charge in [0.05, 0.1) is 11.1 Å². The lowest BCUT2D eigenvalue weighted by Gasteiger charge is -2.29. The molecule has 0 aromatic heterocycles. The van der Waals surface area contributed by atoms with E-state index in [1.165, 1.54) is 6.92 Å². The second-order valence-corrected chi connectivity index (χ2v) is 7.00. The summed E-state index contributed by atoms with van der Waals surface area (Å²) in [5.41, 5.74) is 2.21. The molecule has 2 atom stereocenters. The van der Waals surface area contributed by atoms with Gasteiger partial charge in [0.2, 0.25) is 0 Å². The van der Waals surface area contributed by atoms with Crippen LogP contribution in [0.3, 0.4) is 0 Å². The number of aliphatic imine (C=N–C) groups is 1. The van der Waals surface area contributed by atoms with E-state index >= 15 is 0 Å². The standard InChI is InChI=1S/C19H19ClN2OS/c1-4-5-10-24-19-16(11-21)18(14-6-8-15(20)9-7-14)17(13(3)23)12(2)22-19/h4-9,16,18H,10H2,1-3H3/b5-4+/t16?,18-/m0/s1. The minimum atomic E-state index is -0.468. The van der Waals surface area contributed by atoms with Crippen LogP contribution in [-0.2, 0) is 4.79 Å². The average molecular weight is 359 g/mol. The first-order valence-electron chi connectivity index (χ1n) is 7.69. The van der Waals surface area contributed by atoms with Gasteiger partial charge >= 0.3 is 0 Å². The van der Waals surface area contributed by atoms with Gasteiger partial charge in [0, 0.05) is 28.0 Å². The number of carbonyl (C=O) groups is 1. The fraction of sp³-hybridized carbons (Fsp3) is 0.316. The maximum absolute atomic E-state index is 12.2. The van der Waals surface area contributed by atoms with Crippen LogP contribution >= 0.6 is 23.4 Å². The molecule has 124 valence electrons. The van der Waals surface area contributed by atoms with Crippen LogP contribution in [0.15, 0.2) is 52.7 Å². The molecule has 0 radical (unpaired) electrons. The number of Topliss-reactive ketones (excluding diaryl/α,β-unsaturated/α-hetero) is 1. The molecular formula is C19H19ClN2OS. The van der Waals surface area contributed by atoms with Gasteiger partial charge in [-0.15, -0.1) is 11.8 Å². The average Bonchev–Trinajstić information content (AvgIpc) is 2.55. The number of benzene rings is 1. The molecule has 5 heteroatoms. The Labute approximate surface area is 152 Å². The van der Waals surface area contributed by atoms with Gasteiger partial charge in [-0.25, -0.2) is 4.99 Å². The van der Waals surface area contributed by atoms with Gasteiger partial charge in [-0.1, -0.05) is 35.9 Å². The molecular weight excluding hydrogens is 340 g/mol. The largest absolute Gasteiger partial charge is 0.295 e. The van der Waals surface area contributed by atoms with Crippen LogP contribution in [0.5, 0.6) is 0 Å². The number of thioether (sulfide) groups is 1. The molecule has 0 saturated carbocycles. The number of rotatable bonds is 4. The van der Waals surface area contributed by atoms with Gasteiger partial charge in [0.15, 0.2) is 5.78 Å². The Balaban J connectivity index is 2.52. The van der Waals surface area contributed by atoms with E-state index in [9.17, 15) is 10.1 Å². The van der Waals surface area contributed by atoms with E-state index in [-0.39, 0.29) is 11.7 Å². The predicted octanol–water partition coefficient (Wildman–Crippen LogP) is 5.15. The van der Waals surface area contributed by atoms with E-state index in [1.807, 2.05) is 38.1 Å². The SMILES string of the molecule is C/C=C/CSC1=NC(C)=C(C(C)=O)[C@@H](c2ccc(Cl)cc2)C1C#N. The Kier molecular flexibility index (Phi) is 6.42. The van der Waals surface area contributed by atoms with Crippen LogP contribution in [0.25, 0.3) is 0 Å². The van der Waals surface area contributed by atoms with Crippen LogP contribution in [-0.4, -0.2) is 16.6 Å². The first-order valence-corrected chi connectivity index (χ1v) is 9.05. The summed E-state index contributed by atoms with van der Waals surface area (Å²) < 4.78 is 0. The van der Waals surface area contributed by atoms with E-state index in [1.54, 1.807) is 23.9 Å². The normalized spacial score (nSPS) is 20.9. The van der Waals surface area contributed by atoms with Crippen molar-refractivity contribution in [3.8, 4) is 6.07 Å². The van der Waals surface area contributed by atoms with Crippen molar-refractivity contribution >= 4 is 34.2 Å². The Bertz CT molecular complexity index is 757. The highest BCUT2D eigenvalue weighted by atomic mass is 35.5. The molecule has 2 rings (SSSR count). The van der Waals surface area contributed by atoms with E-state index in [4.69, 9.17) is 11.6 Å². The number of carbonyl (C=O) groups excluding carboxylic acids is 1. The van der Waals surface area contributed by atoms with Gasteiger partial charge < -0.3 is 0 Å². The van der Waals surface area contributed by atoms with E-state index in [2.05, 4.69) is 11.1 Å². The summed E-state index contributed by atoms with van der Waals surface area (Å²) in [6, 6.07) is 9.70. The molecule has 1 aliphatic heterocycles. The zero-order valence-corrected chi connectivity index (χ0v) is 15.5. The molecule has 0 saturated heterocycles. The third-order valence-electron chi connectivity index (χ3n) is 3.89. The molecule has 1 aromatic carbocycles. The van der Waals surface area contributed by atoms with E-state index in [0.29, 0.717) is 16.3 Å². The molecule has 0 aliphatic carbocycles. The molecule has 3 nitrogen and oxygen atoms in total. The summed E-state index contributed by atoms with van der Waals surface area (Å²) in [7, 11) is 0. The molecule has 0 bridgehead atoms. The number of nitrogens with zero attached hydrogens (tertiary/aromatic N) is 2. The van der Waals surface area contributed by atoms with Crippen LogP contribution in [0.1, 0.15) is 32.3 Å². The zero-order chi connectivity index (χ0) is 17.7. The molecule has 1 unspecified atom stereocenters. The lowest BCUT2D eigenvalue weighted by molar-refractivity contribution is -0.114. The first-order chi connectivity index (χ1) is 11.5. The van der Waals surface area contributed by atoms with Crippen LogP contribution in [0.2, 0.25) is 5.02 Å². The molecule has 0 fully saturated rings. The number of ketones is 1. The van der Waals surface area contributed by atoms with Gasteiger partial charge in [-0.3, -0.25) is 4.79 Å². The van der Waals surface area contributed by atoms with Crippen molar-refractivity contribution in [1.82, 2.24) is 0 Å². The van der Waals surface area contributed by atoms with Crippen molar-refractivity contribution in [2.24, 2.45) is 10.9 Å². The minimum Gasteiger partial charge on any atom is -0.295 e. The maximum Gasteiger partial charge on any atom is 0.158 e. The monoisotopic (exact) mass is 358 g/mol. The van der Waals surface area contributed by atoms with Crippen molar-refractivity contribution in [3.63, 3.8) is 0 Å². The summed E-state index contributed by atoms with van der Waals surface area (Å²) in [4.78, 5) is 16.8. The fourth-order valence-electron chi connectivity index (χ4n) is 2.81. The lowest BCUT2D eigenvalue weighted by atomic mass is 9.78. The van der Waals surface area contributed by atoms with Crippen molar-refractivity contribution < 1.29 is 4.79 Å². The smallest absolute Gasteiger partial charge is 0.158 e. The van der Waals surface area contributed by atoms with Crippen LogP contribution in [0, 0.1) is 17.2 Å². The van der Waals surface area contributed by atoms with Gasteiger partial charge in [-0.05, 0) is 38.5 Å². The second kappa shape index (κ2) is 8.32. The zero-order valence-electron chi connectivity index (χ0n) is 13.9. The highest BCUT2D eigenvalue weighted by molar-refractivity contribution is 8.14. The van der Waals surface area contributed by atoms with E-state index in [0.717, 1.165) is 16.4 Å². The molecule has 24 heavy (non-hydrogen) atoms. The summed E-state index contributed by atoms with van der Waals surface area (Å²) in [6.45, 7) is 5.33. The van der Waals surface area contributed by atoms with Crippen molar-refractivity contribution in [3.05, 3.63) is 58.3 Å². The molecule has 0 amide bonds. The second-order valence-electron chi connectivity index (χ2n) is 5.52.